The molecule has 0 aliphatic heterocycles. The van der Waals surface area contributed by atoms with Crippen LogP contribution in [0.1, 0.15) is 5.56 Å². The maximum Gasteiger partial charge on any atom is 0.228 e. The lowest BCUT2D eigenvalue weighted by molar-refractivity contribution is -0.115. The van der Waals surface area contributed by atoms with Crippen LogP contribution in [0.3, 0.4) is 0 Å². The van der Waals surface area contributed by atoms with Gasteiger partial charge in [0.2, 0.25) is 5.91 Å². The van der Waals surface area contributed by atoms with Crippen molar-refractivity contribution in [1.29, 1.82) is 0 Å². The molecule has 1 aromatic heterocycles. The highest BCUT2D eigenvalue weighted by molar-refractivity contribution is 6.43. The summed E-state index contributed by atoms with van der Waals surface area (Å²) in [5.74, 6) is -0.131. The maximum absolute atomic E-state index is 11.7. The minimum Gasteiger partial charge on any atom is -0.367 e. The lowest BCUT2D eigenvalue weighted by atomic mass is 10.2. The van der Waals surface area contributed by atoms with Crippen LogP contribution >= 0.6 is 23.2 Å². The molecule has 0 radical (unpaired) electrons. The van der Waals surface area contributed by atoms with Crippen LogP contribution in [0, 0.1) is 0 Å². The van der Waals surface area contributed by atoms with E-state index in [1.807, 2.05) is 6.07 Å². The van der Waals surface area contributed by atoms with E-state index >= 15 is 0 Å². The van der Waals surface area contributed by atoms with Crippen molar-refractivity contribution in [3.63, 3.8) is 0 Å². The average Bonchev–Trinajstić information content (AvgIpc) is 2.77. The molecular weight excluding hydrogens is 259 g/mol. The van der Waals surface area contributed by atoms with E-state index < -0.39 is 0 Å². The Labute approximate surface area is 109 Å². The number of carbonyl (C=O) groups excluding carboxylic acids is 1. The predicted molar refractivity (Wildman–Crippen MR) is 69.6 cm³/mol. The van der Waals surface area contributed by atoms with Gasteiger partial charge in [-0.25, -0.2) is 0 Å². The van der Waals surface area contributed by atoms with E-state index in [0.717, 1.165) is 5.56 Å². The Morgan fingerprint density at radius 2 is 2.12 bits per heavy atom. The van der Waals surface area contributed by atoms with Crippen LogP contribution in [-0.2, 0) is 11.2 Å². The standard InChI is InChI=1S/C12H10Cl2N2O/c13-9-2-1-3-10(12(9)14)16-11(17)6-8-4-5-15-7-8/h1-5,7,15H,6H2,(H,16,17). The van der Waals surface area contributed by atoms with Gasteiger partial charge >= 0.3 is 0 Å². The average molecular weight is 269 g/mol. The molecule has 0 saturated heterocycles. The number of anilines is 1. The SMILES string of the molecule is O=C(Cc1cc[nH]c1)Nc1cccc(Cl)c1Cl. The maximum atomic E-state index is 11.7. The molecule has 0 spiro atoms. The van der Waals surface area contributed by atoms with Crippen LogP contribution in [0.15, 0.2) is 36.7 Å². The molecule has 3 nitrogen and oxygen atoms in total. The number of halogens is 2. The zero-order valence-electron chi connectivity index (χ0n) is 8.84. The first-order valence-corrected chi connectivity index (χ1v) is 5.78. The number of nitrogens with one attached hydrogen (secondary N) is 2. The van der Waals surface area contributed by atoms with Crippen molar-refractivity contribution in [3.05, 3.63) is 52.3 Å². The molecule has 0 unspecified atom stereocenters. The van der Waals surface area contributed by atoms with Crippen LogP contribution in [0.5, 0.6) is 0 Å². The second-order valence-corrected chi connectivity index (χ2v) is 4.33. The second kappa shape index (κ2) is 5.25. The quantitative estimate of drug-likeness (QED) is 0.880. The van der Waals surface area contributed by atoms with Crippen molar-refractivity contribution in [2.24, 2.45) is 0 Å². The van der Waals surface area contributed by atoms with Gasteiger partial charge in [0.05, 0.1) is 22.2 Å². The number of rotatable bonds is 3. The number of hydrogen-bond donors (Lipinski definition) is 2. The molecule has 2 N–H and O–H groups in total. The van der Waals surface area contributed by atoms with Crippen molar-refractivity contribution >= 4 is 34.8 Å². The predicted octanol–water partition coefficient (Wildman–Crippen LogP) is 3.50. The Morgan fingerprint density at radius 3 is 2.82 bits per heavy atom. The summed E-state index contributed by atoms with van der Waals surface area (Å²) in [6, 6.07) is 6.97. The third-order valence-electron chi connectivity index (χ3n) is 2.25. The number of carbonyl (C=O) groups is 1. The van der Waals surface area contributed by atoms with Gasteiger partial charge in [0.15, 0.2) is 0 Å². The molecule has 0 aliphatic carbocycles. The zero-order chi connectivity index (χ0) is 12.3. The van der Waals surface area contributed by atoms with Crippen LogP contribution in [0.2, 0.25) is 10.0 Å². The van der Waals surface area contributed by atoms with Crippen LogP contribution in [-0.4, -0.2) is 10.9 Å². The van der Waals surface area contributed by atoms with Gasteiger partial charge in [0.25, 0.3) is 0 Å². The highest BCUT2D eigenvalue weighted by Crippen LogP contribution is 2.29. The fraction of sp³-hybridized carbons (Fsp3) is 0.0833. The van der Waals surface area contributed by atoms with E-state index in [0.29, 0.717) is 22.2 Å². The first-order valence-electron chi connectivity index (χ1n) is 5.02. The molecule has 1 aromatic carbocycles. The molecular formula is C12H10Cl2N2O. The number of aromatic nitrogens is 1. The zero-order valence-corrected chi connectivity index (χ0v) is 10.3. The summed E-state index contributed by atoms with van der Waals surface area (Å²) in [6.07, 6.45) is 3.85. The number of benzene rings is 1. The Balaban J connectivity index is 2.06. The summed E-state index contributed by atoms with van der Waals surface area (Å²) < 4.78 is 0. The van der Waals surface area contributed by atoms with E-state index in [4.69, 9.17) is 23.2 Å². The van der Waals surface area contributed by atoms with E-state index in [-0.39, 0.29) is 5.91 Å². The summed E-state index contributed by atoms with van der Waals surface area (Å²) in [5.41, 5.74) is 1.44. The Bertz CT molecular complexity index is 523. The number of aromatic amines is 1. The fourth-order valence-electron chi connectivity index (χ4n) is 1.45. The molecule has 5 heteroatoms. The van der Waals surface area contributed by atoms with Gasteiger partial charge in [0, 0.05) is 12.4 Å². The molecule has 17 heavy (non-hydrogen) atoms. The molecule has 0 atom stereocenters. The minimum atomic E-state index is -0.131. The van der Waals surface area contributed by atoms with Gasteiger partial charge in [-0.3, -0.25) is 4.79 Å². The third-order valence-corrected chi connectivity index (χ3v) is 3.07. The van der Waals surface area contributed by atoms with E-state index in [1.165, 1.54) is 0 Å². The monoisotopic (exact) mass is 268 g/mol. The summed E-state index contributed by atoms with van der Waals surface area (Å²) in [5, 5.41) is 3.50. The summed E-state index contributed by atoms with van der Waals surface area (Å²) in [4.78, 5) is 14.6. The van der Waals surface area contributed by atoms with Gasteiger partial charge in [0.1, 0.15) is 0 Å². The van der Waals surface area contributed by atoms with Crippen molar-refractivity contribution in [1.82, 2.24) is 4.98 Å². The van der Waals surface area contributed by atoms with E-state index in [9.17, 15) is 4.79 Å². The minimum absolute atomic E-state index is 0.131. The van der Waals surface area contributed by atoms with Crippen LogP contribution in [0.4, 0.5) is 5.69 Å². The van der Waals surface area contributed by atoms with Gasteiger partial charge < -0.3 is 10.3 Å². The van der Waals surface area contributed by atoms with Crippen molar-refractivity contribution < 1.29 is 4.79 Å². The Kier molecular flexibility index (Phi) is 3.71. The summed E-state index contributed by atoms with van der Waals surface area (Å²) in [7, 11) is 0. The fourth-order valence-corrected chi connectivity index (χ4v) is 1.80. The van der Waals surface area contributed by atoms with Gasteiger partial charge in [-0.2, -0.15) is 0 Å². The van der Waals surface area contributed by atoms with E-state index in [2.05, 4.69) is 10.3 Å². The molecule has 0 bridgehead atoms. The molecule has 1 heterocycles. The normalized spacial score (nSPS) is 10.2. The first-order chi connectivity index (χ1) is 8.16. The number of H-pyrrole nitrogens is 1. The molecule has 0 fully saturated rings. The largest absolute Gasteiger partial charge is 0.367 e. The van der Waals surface area contributed by atoms with E-state index in [1.54, 1.807) is 30.6 Å². The molecule has 1 amide bonds. The summed E-state index contributed by atoms with van der Waals surface area (Å²) >= 11 is 11.8. The second-order valence-electron chi connectivity index (χ2n) is 3.55. The highest BCUT2D eigenvalue weighted by atomic mass is 35.5. The number of amides is 1. The lowest BCUT2D eigenvalue weighted by Gasteiger charge is -2.07. The molecule has 2 rings (SSSR count). The third kappa shape index (κ3) is 3.02. The Morgan fingerprint density at radius 1 is 1.29 bits per heavy atom. The molecule has 0 saturated carbocycles. The van der Waals surface area contributed by atoms with Crippen molar-refractivity contribution in [2.45, 2.75) is 6.42 Å². The lowest BCUT2D eigenvalue weighted by Crippen LogP contribution is -2.14. The van der Waals surface area contributed by atoms with Gasteiger partial charge in [-0.05, 0) is 23.8 Å². The molecule has 0 aliphatic rings. The topological polar surface area (TPSA) is 44.9 Å². The highest BCUT2D eigenvalue weighted by Gasteiger charge is 2.08. The van der Waals surface area contributed by atoms with Crippen molar-refractivity contribution in [2.75, 3.05) is 5.32 Å². The Hall–Kier alpha value is -1.45. The van der Waals surface area contributed by atoms with Crippen molar-refractivity contribution in [3.8, 4) is 0 Å². The first kappa shape index (κ1) is 12.0. The van der Waals surface area contributed by atoms with Gasteiger partial charge in [-0.1, -0.05) is 29.3 Å². The summed E-state index contributed by atoms with van der Waals surface area (Å²) in [6.45, 7) is 0. The van der Waals surface area contributed by atoms with Crippen LogP contribution < -0.4 is 5.32 Å². The smallest absolute Gasteiger partial charge is 0.228 e. The van der Waals surface area contributed by atoms with Gasteiger partial charge in [-0.15, -0.1) is 0 Å². The van der Waals surface area contributed by atoms with Crippen LogP contribution in [0.25, 0.3) is 0 Å². The molecule has 2 aromatic rings. The molecule has 88 valence electrons. The number of hydrogen-bond acceptors (Lipinski definition) is 1.